The molecule has 23 heavy (non-hydrogen) atoms. The molecule has 0 spiro atoms. The standard InChI is InChI=1S/C16H20F3NO3/c1-2-23-13-6-4-3-5-12(13)15(22)20-9-7-11(8-10-20)14(21)16(17,18)19/h3-6,11,14,21H,2,7-10H2,1H3. The van der Waals surface area contributed by atoms with Crippen molar-refractivity contribution in [1.29, 1.82) is 0 Å². The zero-order valence-electron chi connectivity index (χ0n) is 12.8. The van der Waals surface area contributed by atoms with E-state index in [-0.39, 0.29) is 31.8 Å². The highest BCUT2D eigenvalue weighted by atomic mass is 19.4. The molecular weight excluding hydrogens is 311 g/mol. The summed E-state index contributed by atoms with van der Waals surface area (Å²) in [4.78, 5) is 14.0. The van der Waals surface area contributed by atoms with Gasteiger partial charge in [-0.1, -0.05) is 12.1 Å². The summed E-state index contributed by atoms with van der Waals surface area (Å²) in [5.74, 6) is -0.646. The number of para-hydroxylation sites is 1. The fourth-order valence-electron chi connectivity index (χ4n) is 2.78. The Balaban J connectivity index is 2.02. The van der Waals surface area contributed by atoms with Gasteiger partial charge in [-0.3, -0.25) is 4.79 Å². The first kappa shape index (κ1) is 17.6. The third kappa shape index (κ3) is 4.16. The lowest BCUT2D eigenvalue weighted by Gasteiger charge is -2.35. The molecule has 1 atom stereocenters. The van der Waals surface area contributed by atoms with Crippen LogP contribution in [-0.2, 0) is 0 Å². The summed E-state index contributed by atoms with van der Waals surface area (Å²) in [6, 6.07) is 6.81. The Bertz CT molecular complexity index is 540. The fraction of sp³-hybridized carbons (Fsp3) is 0.562. The van der Waals surface area contributed by atoms with Crippen LogP contribution in [0.5, 0.6) is 5.75 Å². The average Bonchev–Trinajstić information content (AvgIpc) is 2.54. The number of alkyl halides is 3. The summed E-state index contributed by atoms with van der Waals surface area (Å²) < 4.78 is 43.1. The maximum atomic E-state index is 12.5. The van der Waals surface area contributed by atoms with E-state index in [1.54, 1.807) is 24.3 Å². The van der Waals surface area contributed by atoms with Crippen LogP contribution in [-0.4, -0.2) is 47.9 Å². The highest BCUT2D eigenvalue weighted by Crippen LogP contribution is 2.32. The van der Waals surface area contributed by atoms with Gasteiger partial charge in [0, 0.05) is 13.1 Å². The molecule has 0 aliphatic carbocycles. The SMILES string of the molecule is CCOc1ccccc1C(=O)N1CCC(C(O)C(F)(F)F)CC1. The van der Waals surface area contributed by atoms with Crippen LogP contribution in [0, 0.1) is 5.92 Å². The largest absolute Gasteiger partial charge is 0.493 e. The first-order valence-corrected chi connectivity index (χ1v) is 7.60. The van der Waals surface area contributed by atoms with Gasteiger partial charge < -0.3 is 14.7 Å². The molecule has 0 radical (unpaired) electrons. The average molecular weight is 331 g/mol. The van der Waals surface area contributed by atoms with Crippen molar-refractivity contribution in [2.45, 2.75) is 32.0 Å². The summed E-state index contributed by atoms with van der Waals surface area (Å²) in [6.45, 7) is 2.61. The van der Waals surface area contributed by atoms with E-state index >= 15 is 0 Å². The van der Waals surface area contributed by atoms with Crippen LogP contribution in [0.4, 0.5) is 13.2 Å². The van der Waals surface area contributed by atoms with Gasteiger partial charge in [-0.05, 0) is 37.8 Å². The number of aliphatic hydroxyl groups is 1. The van der Waals surface area contributed by atoms with Gasteiger partial charge in [0.05, 0.1) is 12.2 Å². The predicted molar refractivity (Wildman–Crippen MR) is 78.3 cm³/mol. The quantitative estimate of drug-likeness (QED) is 0.923. The van der Waals surface area contributed by atoms with E-state index in [0.717, 1.165) is 0 Å². The molecule has 1 N–H and O–H groups in total. The molecule has 2 rings (SSSR count). The minimum atomic E-state index is -4.61. The maximum absolute atomic E-state index is 12.5. The molecular formula is C16H20F3NO3. The first-order chi connectivity index (χ1) is 10.8. The fourth-order valence-corrected chi connectivity index (χ4v) is 2.78. The summed E-state index contributed by atoms with van der Waals surface area (Å²) in [6.07, 6.45) is -6.68. The van der Waals surface area contributed by atoms with Gasteiger partial charge in [0.2, 0.25) is 0 Å². The Labute approximate surface area is 132 Å². The van der Waals surface area contributed by atoms with Crippen molar-refractivity contribution in [2.24, 2.45) is 5.92 Å². The number of halogens is 3. The van der Waals surface area contributed by atoms with E-state index in [9.17, 15) is 23.1 Å². The lowest BCUT2D eigenvalue weighted by atomic mass is 9.90. The molecule has 1 unspecified atom stereocenters. The first-order valence-electron chi connectivity index (χ1n) is 7.60. The molecule has 1 fully saturated rings. The minimum Gasteiger partial charge on any atom is -0.493 e. The van der Waals surface area contributed by atoms with Crippen LogP contribution in [0.2, 0.25) is 0 Å². The zero-order chi connectivity index (χ0) is 17.0. The van der Waals surface area contributed by atoms with Crippen molar-refractivity contribution in [3.05, 3.63) is 29.8 Å². The number of aliphatic hydroxyl groups excluding tert-OH is 1. The Hall–Kier alpha value is -1.76. The van der Waals surface area contributed by atoms with E-state index in [1.807, 2.05) is 6.92 Å². The number of carbonyl (C=O) groups is 1. The monoisotopic (exact) mass is 331 g/mol. The third-order valence-corrected chi connectivity index (χ3v) is 4.03. The number of carbonyl (C=O) groups excluding carboxylic acids is 1. The van der Waals surface area contributed by atoms with Crippen molar-refractivity contribution in [1.82, 2.24) is 4.90 Å². The number of amides is 1. The van der Waals surface area contributed by atoms with Crippen LogP contribution >= 0.6 is 0 Å². The number of hydrogen-bond acceptors (Lipinski definition) is 3. The number of rotatable bonds is 4. The van der Waals surface area contributed by atoms with Gasteiger partial charge in [0.1, 0.15) is 5.75 Å². The van der Waals surface area contributed by atoms with Gasteiger partial charge in [-0.25, -0.2) is 0 Å². The van der Waals surface area contributed by atoms with Crippen molar-refractivity contribution in [2.75, 3.05) is 19.7 Å². The third-order valence-electron chi connectivity index (χ3n) is 4.03. The number of piperidine rings is 1. The Morgan fingerprint density at radius 2 is 1.96 bits per heavy atom. The lowest BCUT2D eigenvalue weighted by molar-refractivity contribution is -0.222. The summed E-state index contributed by atoms with van der Waals surface area (Å²) in [5, 5.41) is 9.32. The van der Waals surface area contributed by atoms with Gasteiger partial charge in [0.15, 0.2) is 6.10 Å². The molecule has 1 aromatic rings. The van der Waals surface area contributed by atoms with Crippen LogP contribution in [0.15, 0.2) is 24.3 Å². The van der Waals surface area contributed by atoms with E-state index < -0.39 is 18.2 Å². The number of benzene rings is 1. The molecule has 7 heteroatoms. The lowest BCUT2D eigenvalue weighted by Crippen LogP contribution is -2.45. The van der Waals surface area contributed by atoms with Gasteiger partial charge in [0.25, 0.3) is 5.91 Å². The van der Waals surface area contributed by atoms with Crippen molar-refractivity contribution >= 4 is 5.91 Å². The topological polar surface area (TPSA) is 49.8 Å². The minimum absolute atomic E-state index is 0.128. The van der Waals surface area contributed by atoms with E-state index in [1.165, 1.54) is 4.90 Å². The molecule has 1 aromatic carbocycles. The Morgan fingerprint density at radius 3 is 2.52 bits per heavy atom. The van der Waals surface area contributed by atoms with E-state index in [2.05, 4.69) is 0 Å². The summed E-state index contributed by atoms with van der Waals surface area (Å²) >= 11 is 0. The normalized spacial score (nSPS) is 17.9. The molecule has 4 nitrogen and oxygen atoms in total. The van der Waals surface area contributed by atoms with Crippen molar-refractivity contribution in [3.63, 3.8) is 0 Å². The van der Waals surface area contributed by atoms with Crippen molar-refractivity contribution < 1.29 is 27.8 Å². The molecule has 0 saturated carbocycles. The van der Waals surface area contributed by atoms with E-state index in [4.69, 9.17) is 4.74 Å². The number of likely N-dealkylation sites (tertiary alicyclic amines) is 1. The zero-order valence-corrected chi connectivity index (χ0v) is 12.8. The second kappa shape index (κ2) is 7.21. The van der Waals surface area contributed by atoms with E-state index in [0.29, 0.717) is 17.9 Å². The smallest absolute Gasteiger partial charge is 0.414 e. The second-order valence-electron chi connectivity index (χ2n) is 5.55. The van der Waals surface area contributed by atoms with Gasteiger partial charge in [-0.2, -0.15) is 13.2 Å². The maximum Gasteiger partial charge on any atom is 0.414 e. The number of hydrogen-bond donors (Lipinski definition) is 1. The van der Waals surface area contributed by atoms with Crippen LogP contribution in [0.1, 0.15) is 30.1 Å². The molecule has 0 bridgehead atoms. The molecule has 0 aromatic heterocycles. The molecule has 1 aliphatic heterocycles. The summed E-state index contributed by atoms with van der Waals surface area (Å²) in [7, 11) is 0. The van der Waals surface area contributed by atoms with Gasteiger partial charge in [-0.15, -0.1) is 0 Å². The highest BCUT2D eigenvalue weighted by molar-refractivity contribution is 5.97. The second-order valence-corrected chi connectivity index (χ2v) is 5.55. The van der Waals surface area contributed by atoms with Crippen LogP contribution < -0.4 is 4.74 Å². The predicted octanol–water partition coefficient (Wildman–Crippen LogP) is 2.86. The van der Waals surface area contributed by atoms with Crippen LogP contribution in [0.25, 0.3) is 0 Å². The molecule has 1 heterocycles. The number of ether oxygens (including phenoxy) is 1. The van der Waals surface area contributed by atoms with Gasteiger partial charge >= 0.3 is 6.18 Å². The Kier molecular flexibility index (Phi) is 5.51. The molecule has 1 aliphatic rings. The van der Waals surface area contributed by atoms with Crippen molar-refractivity contribution in [3.8, 4) is 5.75 Å². The number of nitrogens with zero attached hydrogens (tertiary/aromatic N) is 1. The molecule has 128 valence electrons. The Morgan fingerprint density at radius 1 is 1.35 bits per heavy atom. The molecule has 1 saturated heterocycles. The van der Waals surface area contributed by atoms with Crippen LogP contribution in [0.3, 0.4) is 0 Å². The molecule has 1 amide bonds. The highest BCUT2D eigenvalue weighted by Gasteiger charge is 2.44. The summed E-state index contributed by atoms with van der Waals surface area (Å²) in [5.41, 5.74) is 0.407.